The molecule has 0 radical (unpaired) electrons. The Labute approximate surface area is 214 Å². The van der Waals surface area contributed by atoms with Crippen molar-refractivity contribution in [2.75, 3.05) is 7.11 Å². The van der Waals surface area contributed by atoms with Crippen LogP contribution in [0.3, 0.4) is 0 Å². The molecule has 0 saturated carbocycles. The molecule has 5 rings (SSSR count). The molecular weight excluding hydrogens is 476 g/mol. The van der Waals surface area contributed by atoms with Gasteiger partial charge in [0.15, 0.2) is 0 Å². The number of hydrogen-bond acceptors (Lipinski definition) is 5. The summed E-state index contributed by atoms with van der Waals surface area (Å²) in [7, 11) is 0.750. The molecule has 0 spiro atoms. The number of fused-ring (bicyclic) bond motifs is 1. The van der Waals surface area contributed by atoms with Crippen LogP contribution in [0.1, 0.15) is 72.6 Å². The average molecular weight is 508 g/mol. The van der Waals surface area contributed by atoms with Crippen molar-refractivity contribution in [2.24, 2.45) is 5.92 Å². The molecule has 6 heteroatoms. The molecule has 0 aromatic heterocycles. The van der Waals surface area contributed by atoms with Crippen LogP contribution in [0.15, 0.2) is 83.0 Å². The second kappa shape index (κ2) is 12.0. The quantitative estimate of drug-likeness (QED) is 0.469. The second-order valence-electron chi connectivity index (χ2n) is 9.14. The summed E-state index contributed by atoms with van der Waals surface area (Å²) in [6.07, 6.45) is 7.90. The molecule has 0 amide bonds. The van der Waals surface area contributed by atoms with E-state index in [2.05, 4.69) is 6.92 Å². The summed E-state index contributed by atoms with van der Waals surface area (Å²) < 4.78 is 12.3. The fourth-order valence-corrected chi connectivity index (χ4v) is 8.87. The first-order valence-electron chi connectivity index (χ1n) is 12.4. The summed E-state index contributed by atoms with van der Waals surface area (Å²) in [5.41, 5.74) is 7.05. The first-order valence-corrected chi connectivity index (χ1v) is 14.6. The third-order valence-electron chi connectivity index (χ3n) is 7.20. The number of carbonyl (C=O) groups is 2. The Kier molecular flexibility index (Phi) is 8.77. The van der Waals surface area contributed by atoms with Crippen molar-refractivity contribution >= 4 is 11.9 Å². The second-order valence-corrected chi connectivity index (χ2v) is 11.9. The van der Waals surface area contributed by atoms with Crippen LogP contribution >= 0.6 is 0 Å². The van der Waals surface area contributed by atoms with Gasteiger partial charge in [-0.3, -0.25) is 0 Å². The van der Waals surface area contributed by atoms with Gasteiger partial charge in [-0.05, 0) is 0 Å². The summed E-state index contributed by atoms with van der Waals surface area (Å²) in [6, 6.07) is 18.0. The van der Waals surface area contributed by atoms with Crippen LogP contribution in [0.2, 0.25) is 4.22 Å². The van der Waals surface area contributed by atoms with Crippen LogP contribution in [0.4, 0.5) is 0 Å². The zero-order chi connectivity index (χ0) is 24.8. The Bertz CT molecular complexity index is 1050. The van der Waals surface area contributed by atoms with Gasteiger partial charge in [0.1, 0.15) is 0 Å². The predicted molar refractivity (Wildman–Crippen MR) is 129 cm³/mol. The Morgan fingerprint density at radius 1 is 0.771 bits per heavy atom. The van der Waals surface area contributed by atoms with E-state index in [1.807, 2.05) is 36.4 Å². The average Bonchev–Trinajstić information content (AvgIpc) is 3.22. The third-order valence-corrected chi connectivity index (χ3v) is 10.2. The molecule has 0 heterocycles. The molecule has 182 valence electrons. The van der Waals surface area contributed by atoms with Crippen molar-refractivity contribution in [1.29, 1.82) is 0 Å². The van der Waals surface area contributed by atoms with Crippen LogP contribution in [-0.2, 0) is 25.3 Å². The Morgan fingerprint density at radius 2 is 1.29 bits per heavy atom. The van der Waals surface area contributed by atoms with Crippen molar-refractivity contribution in [1.82, 2.24) is 0 Å². The van der Waals surface area contributed by atoms with E-state index in [1.165, 1.54) is 30.4 Å². The van der Waals surface area contributed by atoms with Crippen LogP contribution in [0, 0.1) is 5.92 Å². The number of hydrogen-bond donors (Lipinski definition) is 0. The molecule has 0 fully saturated rings. The topological polar surface area (TPSA) is 75.7 Å². The number of carbonyl (C=O) groups excluding carboxylic acids is 2. The standard InChI is InChI=1S/C14H19.2C7H6O2.CH3O.Ti/c1-10-11-6-2-4-8-13(11)14-9-5-3-7-12(10)14;2*8-7(9)6-4-2-1-3-5-6;1-2;/h6,10H,2-5,7-9H2,1H3;2*1-5H,(H,8,9);1H3;/q;;;-1;+3/p-2. The normalized spacial score (nSPS) is 20.8. The van der Waals surface area contributed by atoms with Gasteiger partial charge in [-0.2, -0.15) is 7.11 Å². The fraction of sp³-hybridized carbons (Fsp3) is 0.379. The monoisotopic (exact) mass is 508 g/mol. The molecule has 5 nitrogen and oxygen atoms in total. The molecule has 35 heavy (non-hydrogen) atoms. The van der Waals surface area contributed by atoms with E-state index in [0.717, 1.165) is 32.8 Å². The van der Waals surface area contributed by atoms with E-state index >= 15 is 0 Å². The molecule has 0 N–H and O–H groups in total. The van der Waals surface area contributed by atoms with E-state index in [-0.39, 0.29) is 16.2 Å². The van der Waals surface area contributed by atoms with E-state index in [0.29, 0.717) is 17.0 Å². The minimum atomic E-state index is -3.08. The molecule has 3 aliphatic rings. The van der Waals surface area contributed by atoms with Crippen molar-refractivity contribution in [3.05, 3.63) is 94.1 Å². The summed E-state index contributed by atoms with van der Waals surface area (Å²) in [4.78, 5) is 26.1. The van der Waals surface area contributed by atoms with E-state index < -0.39 is 18.6 Å². The first kappa shape index (κ1) is 25.6. The van der Waals surface area contributed by atoms with Crippen LogP contribution < -0.4 is 5.11 Å². The van der Waals surface area contributed by atoms with Gasteiger partial charge in [0, 0.05) is 0 Å². The van der Waals surface area contributed by atoms with Gasteiger partial charge in [0.05, 0.1) is 0 Å². The Hall–Kier alpha value is -2.47. The first-order chi connectivity index (χ1) is 17.1. The fourth-order valence-electron chi connectivity index (χ4n) is 5.68. The van der Waals surface area contributed by atoms with Crippen molar-refractivity contribution in [3.8, 4) is 0 Å². The number of rotatable bonds is 5. The summed E-state index contributed by atoms with van der Waals surface area (Å²) in [5.74, 6) is -0.404. The van der Waals surface area contributed by atoms with Crippen LogP contribution in [-0.4, -0.2) is 19.0 Å². The maximum Gasteiger partial charge on any atom is -0.153 e. The van der Waals surface area contributed by atoms with Gasteiger partial charge in [0.2, 0.25) is 0 Å². The van der Waals surface area contributed by atoms with Crippen molar-refractivity contribution in [3.63, 3.8) is 0 Å². The maximum atomic E-state index is 13.0. The predicted octanol–water partition coefficient (Wildman–Crippen LogP) is 5.91. The smallest absolute Gasteiger partial charge is 0.153 e. The largest absolute Gasteiger partial charge is 0.857 e. The molecule has 2 atom stereocenters. The summed E-state index contributed by atoms with van der Waals surface area (Å²) in [5, 5.41) is 8.25. The van der Waals surface area contributed by atoms with E-state index in [4.69, 9.17) is 11.7 Å². The minimum Gasteiger partial charge on any atom is -0.857 e. The number of benzene rings is 2. The van der Waals surface area contributed by atoms with Crippen molar-refractivity contribution in [2.45, 2.75) is 56.1 Å². The third kappa shape index (κ3) is 5.53. The van der Waals surface area contributed by atoms with E-state index in [9.17, 15) is 9.59 Å². The molecule has 2 aromatic carbocycles. The van der Waals surface area contributed by atoms with Crippen molar-refractivity contribution < 1.29 is 40.0 Å². The van der Waals surface area contributed by atoms with Gasteiger partial charge in [-0.25, -0.2) is 0 Å². The zero-order valence-electron chi connectivity index (χ0n) is 20.4. The maximum absolute atomic E-state index is 13.0. The van der Waals surface area contributed by atoms with Gasteiger partial charge < -0.3 is 5.11 Å². The zero-order valence-corrected chi connectivity index (χ0v) is 22.0. The summed E-state index contributed by atoms with van der Waals surface area (Å²) >= 11 is -3.08. The Balaban J connectivity index is 0.00000141. The van der Waals surface area contributed by atoms with Crippen LogP contribution in [0.5, 0.6) is 0 Å². The number of allylic oxidation sites excluding steroid dienone is 4. The molecule has 2 aromatic rings. The van der Waals surface area contributed by atoms with Gasteiger partial charge >= 0.3 is 203 Å². The SMILES string of the molecule is CC1C2=C(CCCC2)C2=C1[CH]([Ti+]([O]C(=O)c1ccccc1)[O]C(=O)c1ccccc1)CCC2.C[O-]. The molecule has 0 saturated heterocycles. The van der Waals surface area contributed by atoms with E-state index in [1.54, 1.807) is 35.4 Å². The molecule has 2 unspecified atom stereocenters. The van der Waals surface area contributed by atoms with Gasteiger partial charge in [-0.1, -0.05) is 0 Å². The summed E-state index contributed by atoms with van der Waals surface area (Å²) in [6.45, 7) is 2.30. The minimum absolute atomic E-state index is 0.0506. The molecule has 0 aliphatic heterocycles. The molecule has 3 aliphatic carbocycles. The van der Waals surface area contributed by atoms with Gasteiger partial charge in [0.25, 0.3) is 0 Å². The van der Waals surface area contributed by atoms with Crippen LogP contribution in [0.25, 0.3) is 0 Å². The molecule has 0 bridgehead atoms. The Morgan fingerprint density at radius 3 is 1.86 bits per heavy atom. The molecular formula is C29H32O5Ti. The van der Waals surface area contributed by atoms with Gasteiger partial charge in [-0.15, -0.1) is 0 Å².